The summed E-state index contributed by atoms with van der Waals surface area (Å²) >= 11 is 0. The maximum absolute atomic E-state index is 13.1. The Morgan fingerprint density at radius 2 is 1.62 bits per heavy atom. The fourth-order valence-corrected chi connectivity index (χ4v) is 2.03. The molecule has 0 saturated heterocycles. The summed E-state index contributed by atoms with van der Waals surface area (Å²) in [6, 6.07) is 15.2. The van der Waals surface area contributed by atoms with Crippen molar-refractivity contribution in [1.29, 1.82) is 0 Å². The zero-order chi connectivity index (χ0) is 11.0. The van der Waals surface area contributed by atoms with E-state index in [1.54, 1.807) is 12.1 Å². The van der Waals surface area contributed by atoms with Gasteiger partial charge < -0.3 is 0 Å². The molecule has 0 heterocycles. The molecule has 1 saturated carbocycles. The van der Waals surface area contributed by atoms with Crippen LogP contribution in [0.25, 0.3) is 11.1 Å². The number of hydrogen-bond acceptors (Lipinski definition) is 0. The van der Waals surface area contributed by atoms with Crippen molar-refractivity contribution in [1.82, 2.24) is 0 Å². The molecule has 0 atom stereocenters. The molecule has 2 aromatic carbocycles. The lowest BCUT2D eigenvalue weighted by molar-refractivity contribution is 0.628. The van der Waals surface area contributed by atoms with Crippen LogP contribution in [0.15, 0.2) is 48.5 Å². The van der Waals surface area contributed by atoms with Crippen molar-refractivity contribution in [2.24, 2.45) is 0 Å². The summed E-state index contributed by atoms with van der Waals surface area (Å²) in [5.74, 6) is 0.602. The van der Waals surface area contributed by atoms with Crippen LogP contribution < -0.4 is 0 Å². The fraction of sp³-hybridized carbons (Fsp3) is 0.200. The Morgan fingerprint density at radius 3 is 2.25 bits per heavy atom. The van der Waals surface area contributed by atoms with E-state index in [1.165, 1.54) is 24.5 Å². The quantitative estimate of drug-likeness (QED) is 0.693. The summed E-state index contributed by atoms with van der Waals surface area (Å²) in [5, 5.41) is 0. The van der Waals surface area contributed by atoms with Crippen molar-refractivity contribution in [3.63, 3.8) is 0 Å². The number of hydrogen-bond donors (Lipinski definition) is 0. The van der Waals surface area contributed by atoms with Crippen LogP contribution in [0.1, 0.15) is 24.3 Å². The van der Waals surface area contributed by atoms with Gasteiger partial charge in [-0.2, -0.15) is 0 Å². The Morgan fingerprint density at radius 1 is 0.875 bits per heavy atom. The van der Waals surface area contributed by atoms with Gasteiger partial charge in [0.25, 0.3) is 0 Å². The molecule has 0 bridgehead atoms. The van der Waals surface area contributed by atoms with Crippen LogP contribution in [-0.4, -0.2) is 0 Å². The van der Waals surface area contributed by atoms with Crippen LogP contribution in [0, 0.1) is 5.82 Å². The van der Waals surface area contributed by atoms with Gasteiger partial charge in [-0.15, -0.1) is 0 Å². The summed E-state index contributed by atoms with van der Waals surface area (Å²) in [5.41, 5.74) is 3.45. The predicted octanol–water partition coefficient (Wildman–Crippen LogP) is 4.37. The minimum absolute atomic E-state index is 0.177. The van der Waals surface area contributed by atoms with Crippen LogP contribution in [-0.2, 0) is 0 Å². The third-order valence-corrected chi connectivity index (χ3v) is 3.12. The smallest absolute Gasteiger partial charge is 0.123 e. The van der Waals surface area contributed by atoms with Crippen molar-refractivity contribution in [2.75, 3.05) is 0 Å². The van der Waals surface area contributed by atoms with E-state index in [4.69, 9.17) is 0 Å². The number of rotatable bonds is 2. The lowest BCUT2D eigenvalue weighted by atomic mass is 10.0. The van der Waals surface area contributed by atoms with E-state index in [1.807, 2.05) is 6.07 Å². The van der Waals surface area contributed by atoms with Crippen molar-refractivity contribution in [3.8, 4) is 11.1 Å². The van der Waals surface area contributed by atoms with Crippen molar-refractivity contribution < 1.29 is 4.39 Å². The average Bonchev–Trinajstić information content (AvgIpc) is 3.13. The molecular weight excluding hydrogens is 199 g/mol. The second-order valence-electron chi connectivity index (χ2n) is 4.41. The molecule has 0 N–H and O–H groups in total. The van der Waals surface area contributed by atoms with E-state index in [0.717, 1.165) is 17.0 Å². The molecule has 0 radical (unpaired) electrons. The largest absolute Gasteiger partial charge is 0.207 e. The molecule has 2 aromatic rings. The van der Waals surface area contributed by atoms with E-state index in [-0.39, 0.29) is 5.82 Å². The highest BCUT2D eigenvalue weighted by atomic mass is 19.1. The molecule has 1 heteroatoms. The summed E-state index contributed by atoms with van der Waals surface area (Å²) in [6.07, 6.45) is 2.64. The Hall–Kier alpha value is -1.63. The molecule has 1 aliphatic carbocycles. The first kappa shape index (κ1) is 9.59. The van der Waals surface area contributed by atoms with Gasteiger partial charge in [-0.1, -0.05) is 36.4 Å². The van der Waals surface area contributed by atoms with Crippen molar-refractivity contribution >= 4 is 0 Å². The highest BCUT2D eigenvalue weighted by Crippen LogP contribution is 2.40. The summed E-state index contributed by atoms with van der Waals surface area (Å²) in [7, 11) is 0. The molecule has 0 aliphatic heterocycles. The van der Waals surface area contributed by atoms with Crippen LogP contribution in [0.4, 0.5) is 4.39 Å². The van der Waals surface area contributed by atoms with Gasteiger partial charge in [0.05, 0.1) is 0 Å². The molecule has 0 amide bonds. The Balaban J connectivity index is 1.94. The van der Waals surface area contributed by atoms with Crippen molar-refractivity contribution in [3.05, 3.63) is 59.9 Å². The normalized spacial score (nSPS) is 15.1. The molecule has 1 aliphatic rings. The van der Waals surface area contributed by atoms with Crippen LogP contribution in [0.3, 0.4) is 0 Å². The standard InChI is InChI=1S/C15H13F/c16-15-3-1-2-14(10-15)13-8-6-12(7-9-13)11-4-5-11/h1-3,6-11H,4-5H2. The zero-order valence-electron chi connectivity index (χ0n) is 8.99. The topological polar surface area (TPSA) is 0 Å². The average molecular weight is 212 g/mol. The molecule has 80 valence electrons. The van der Waals surface area contributed by atoms with Crippen LogP contribution in [0.5, 0.6) is 0 Å². The molecule has 0 unspecified atom stereocenters. The maximum Gasteiger partial charge on any atom is 0.123 e. The Bertz CT molecular complexity index is 495. The van der Waals surface area contributed by atoms with Crippen LogP contribution in [0.2, 0.25) is 0 Å². The lowest BCUT2D eigenvalue weighted by Crippen LogP contribution is -1.82. The van der Waals surface area contributed by atoms with Crippen molar-refractivity contribution in [2.45, 2.75) is 18.8 Å². The molecule has 0 nitrogen and oxygen atoms in total. The third kappa shape index (κ3) is 1.85. The van der Waals surface area contributed by atoms with Gasteiger partial charge in [-0.25, -0.2) is 4.39 Å². The highest BCUT2D eigenvalue weighted by molar-refractivity contribution is 5.63. The number of halogens is 1. The third-order valence-electron chi connectivity index (χ3n) is 3.12. The minimum atomic E-state index is -0.177. The molecule has 1 fully saturated rings. The van der Waals surface area contributed by atoms with Gasteiger partial charge >= 0.3 is 0 Å². The van der Waals surface area contributed by atoms with Gasteiger partial charge in [0.15, 0.2) is 0 Å². The molecule has 0 aromatic heterocycles. The first-order valence-corrected chi connectivity index (χ1v) is 5.69. The van der Waals surface area contributed by atoms with E-state index >= 15 is 0 Å². The van der Waals surface area contributed by atoms with E-state index in [2.05, 4.69) is 24.3 Å². The Labute approximate surface area is 94.7 Å². The van der Waals surface area contributed by atoms with E-state index in [9.17, 15) is 4.39 Å². The van der Waals surface area contributed by atoms with Gasteiger partial charge in [0.2, 0.25) is 0 Å². The Kier molecular flexibility index (Phi) is 2.24. The van der Waals surface area contributed by atoms with Crippen LogP contribution >= 0.6 is 0 Å². The minimum Gasteiger partial charge on any atom is -0.207 e. The van der Waals surface area contributed by atoms with Gasteiger partial charge in [-0.3, -0.25) is 0 Å². The second kappa shape index (κ2) is 3.75. The predicted molar refractivity (Wildman–Crippen MR) is 63.8 cm³/mol. The highest BCUT2D eigenvalue weighted by Gasteiger charge is 2.22. The first-order chi connectivity index (χ1) is 7.83. The molecular formula is C15H13F. The lowest BCUT2D eigenvalue weighted by Gasteiger charge is -2.03. The summed E-state index contributed by atoms with van der Waals surface area (Å²) in [4.78, 5) is 0. The van der Waals surface area contributed by atoms with Gasteiger partial charge in [0, 0.05) is 0 Å². The summed E-state index contributed by atoms with van der Waals surface area (Å²) in [6.45, 7) is 0. The zero-order valence-corrected chi connectivity index (χ0v) is 8.99. The van der Waals surface area contributed by atoms with E-state index in [0.29, 0.717) is 0 Å². The molecule has 0 spiro atoms. The van der Waals surface area contributed by atoms with Gasteiger partial charge in [0.1, 0.15) is 5.82 Å². The fourth-order valence-electron chi connectivity index (χ4n) is 2.03. The van der Waals surface area contributed by atoms with E-state index < -0.39 is 0 Å². The monoisotopic (exact) mass is 212 g/mol. The van der Waals surface area contributed by atoms with Gasteiger partial charge in [-0.05, 0) is 47.6 Å². The SMILES string of the molecule is Fc1cccc(-c2ccc(C3CC3)cc2)c1. The number of benzene rings is 2. The maximum atomic E-state index is 13.1. The summed E-state index contributed by atoms with van der Waals surface area (Å²) < 4.78 is 13.1. The second-order valence-corrected chi connectivity index (χ2v) is 4.41. The molecule has 3 rings (SSSR count). The first-order valence-electron chi connectivity index (χ1n) is 5.69. The molecule has 16 heavy (non-hydrogen) atoms.